The molecule has 2 aliphatic rings. The van der Waals surface area contributed by atoms with E-state index in [1.165, 1.54) is 12.5 Å². The number of primary amides is 1. The van der Waals surface area contributed by atoms with Crippen LogP contribution in [0.25, 0.3) is 10.9 Å². The Hall–Kier alpha value is -2.37. The maximum atomic E-state index is 14.8. The zero-order valence-corrected chi connectivity index (χ0v) is 15.5. The lowest BCUT2D eigenvalue weighted by Gasteiger charge is -2.25. The molecule has 27 heavy (non-hydrogen) atoms. The summed E-state index contributed by atoms with van der Waals surface area (Å²) in [7, 11) is 0. The summed E-state index contributed by atoms with van der Waals surface area (Å²) in [6, 6.07) is 3.48. The average molecular weight is 371 g/mol. The molecule has 2 fully saturated rings. The largest absolute Gasteiger partial charge is 0.380 e. The molecule has 0 unspecified atom stereocenters. The zero-order chi connectivity index (χ0) is 19.0. The van der Waals surface area contributed by atoms with Crippen LogP contribution in [-0.2, 0) is 0 Å². The molecule has 0 atom stereocenters. The highest BCUT2D eigenvalue weighted by molar-refractivity contribution is 5.96. The van der Waals surface area contributed by atoms with E-state index in [2.05, 4.69) is 5.32 Å². The first-order valence-corrected chi connectivity index (χ1v) is 9.99. The van der Waals surface area contributed by atoms with Gasteiger partial charge in [0.1, 0.15) is 11.4 Å². The number of carbonyl (C=O) groups excluding carboxylic acids is 1. The lowest BCUT2D eigenvalue weighted by Crippen LogP contribution is -2.26. The van der Waals surface area contributed by atoms with E-state index in [4.69, 9.17) is 5.73 Å². The first-order chi connectivity index (χ1) is 13.0. The van der Waals surface area contributed by atoms with Gasteiger partial charge < -0.3 is 15.6 Å². The minimum Gasteiger partial charge on any atom is -0.380 e. The summed E-state index contributed by atoms with van der Waals surface area (Å²) in [5.74, 6) is -1.22. The Morgan fingerprint density at radius 3 is 2.41 bits per heavy atom. The molecule has 2 aromatic rings. The van der Waals surface area contributed by atoms with Crippen molar-refractivity contribution in [3.8, 4) is 0 Å². The number of amides is 1. The van der Waals surface area contributed by atoms with E-state index in [9.17, 15) is 14.0 Å². The third-order valence-electron chi connectivity index (χ3n) is 6.07. The fourth-order valence-corrected chi connectivity index (χ4v) is 4.61. The first kappa shape index (κ1) is 18.0. The molecule has 4 rings (SSSR count). The van der Waals surface area contributed by atoms with Crippen LogP contribution < -0.4 is 16.5 Å². The number of rotatable bonds is 4. The van der Waals surface area contributed by atoms with Gasteiger partial charge in [-0.25, -0.2) is 4.39 Å². The van der Waals surface area contributed by atoms with E-state index in [1.807, 2.05) is 4.57 Å². The molecule has 0 aliphatic heterocycles. The number of nitrogens with one attached hydrogen (secondary N) is 1. The van der Waals surface area contributed by atoms with Crippen molar-refractivity contribution >= 4 is 22.5 Å². The number of hydrogen-bond donors (Lipinski definition) is 2. The quantitative estimate of drug-likeness (QED) is 0.849. The molecule has 2 aliphatic carbocycles. The monoisotopic (exact) mass is 371 g/mol. The van der Waals surface area contributed by atoms with Crippen LogP contribution in [0.3, 0.4) is 0 Å². The van der Waals surface area contributed by atoms with Gasteiger partial charge in [-0.15, -0.1) is 0 Å². The summed E-state index contributed by atoms with van der Waals surface area (Å²) < 4.78 is 16.7. The number of aromatic nitrogens is 1. The minimum absolute atomic E-state index is 0.0678. The summed E-state index contributed by atoms with van der Waals surface area (Å²) in [6.07, 6.45) is 11.4. The molecule has 5 nitrogen and oxygen atoms in total. The fourth-order valence-electron chi connectivity index (χ4n) is 4.61. The highest BCUT2D eigenvalue weighted by Gasteiger charge is 2.23. The molecule has 2 saturated carbocycles. The van der Waals surface area contributed by atoms with E-state index in [0.29, 0.717) is 11.2 Å². The van der Waals surface area contributed by atoms with Gasteiger partial charge >= 0.3 is 0 Å². The normalized spacial score (nSPS) is 18.9. The Kier molecular flexibility index (Phi) is 4.89. The van der Waals surface area contributed by atoms with Gasteiger partial charge in [-0.1, -0.05) is 32.1 Å². The van der Waals surface area contributed by atoms with E-state index < -0.39 is 17.2 Å². The smallest absolute Gasteiger partial charge is 0.254 e. The van der Waals surface area contributed by atoms with Crippen LogP contribution in [0.2, 0.25) is 0 Å². The van der Waals surface area contributed by atoms with E-state index in [0.717, 1.165) is 51.4 Å². The molecule has 144 valence electrons. The van der Waals surface area contributed by atoms with Gasteiger partial charge in [0.05, 0.1) is 11.2 Å². The molecule has 0 saturated heterocycles. The van der Waals surface area contributed by atoms with Gasteiger partial charge in [-0.2, -0.15) is 0 Å². The summed E-state index contributed by atoms with van der Waals surface area (Å²) in [5.41, 5.74) is 5.96. The minimum atomic E-state index is -0.765. The summed E-state index contributed by atoms with van der Waals surface area (Å²) in [4.78, 5) is 24.4. The molecule has 0 spiro atoms. The SMILES string of the molecule is NC(=O)c1cn(C2CCCC2)c2cc(NC3CCCCC3)c(F)cc2c1=O. The first-order valence-electron chi connectivity index (χ1n) is 9.99. The summed E-state index contributed by atoms with van der Waals surface area (Å²) in [6.45, 7) is 0. The Balaban J connectivity index is 1.84. The molecule has 6 heteroatoms. The van der Waals surface area contributed by atoms with Crippen molar-refractivity contribution in [1.29, 1.82) is 0 Å². The van der Waals surface area contributed by atoms with Crippen molar-refractivity contribution in [3.05, 3.63) is 39.9 Å². The van der Waals surface area contributed by atoms with Gasteiger partial charge in [0.15, 0.2) is 0 Å². The zero-order valence-electron chi connectivity index (χ0n) is 15.5. The van der Waals surface area contributed by atoms with Crippen LogP contribution in [0.4, 0.5) is 10.1 Å². The van der Waals surface area contributed by atoms with Crippen LogP contribution in [0.15, 0.2) is 23.1 Å². The summed E-state index contributed by atoms with van der Waals surface area (Å²) in [5, 5.41) is 3.56. The molecule has 3 N–H and O–H groups in total. The molecule has 0 radical (unpaired) electrons. The fraction of sp³-hybridized carbons (Fsp3) is 0.524. The van der Waals surface area contributed by atoms with Crippen LogP contribution in [0.5, 0.6) is 0 Å². The number of halogens is 1. The van der Waals surface area contributed by atoms with Gasteiger partial charge in [0.2, 0.25) is 5.43 Å². The lowest BCUT2D eigenvalue weighted by molar-refractivity contribution is 0.0998. The highest BCUT2D eigenvalue weighted by Crippen LogP contribution is 2.33. The van der Waals surface area contributed by atoms with Gasteiger partial charge in [-0.3, -0.25) is 9.59 Å². The third kappa shape index (κ3) is 3.45. The molecular weight excluding hydrogens is 345 g/mol. The van der Waals surface area contributed by atoms with Crippen LogP contribution in [-0.4, -0.2) is 16.5 Å². The average Bonchev–Trinajstić information content (AvgIpc) is 3.18. The van der Waals surface area contributed by atoms with Crippen molar-refractivity contribution < 1.29 is 9.18 Å². The number of anilines is 1. The number of pyridine rings is 1. The van der Waals surface area contributed by atoms with E-state index >= 15 is 0 Å². The number of benzene rings is 1. The molecule has 1 amide bonds. The molecule has 1 heterocycles. The predicted molar refractivity (Wildman–Crippen MR) is 105 cm³/mol. The maximum Gasteiger partial charge on any atom is 0.254 e. The maximum absolute atomic E-state index is 14.8. The topological polar surface area (TPSA) is 77.1 Å². The summed E-state index contributed by atoms with van der Waals surface area (Å²) >= 11 is 0. The number of hydrogen-bond acceptors (Lipinski definition) is 3. The highest BCUT2D eigenvalue weighted by atomic mass is 19.1. The second kappa shape index (κ2) is 7.33. The molecule has 1 aromatic heterocycles. The Morgan fingerprint density at radius 1 is 1.07 bits per heavy atom. The van der Waals surface area contributed by atoms with Crippen LogP contribution >= 0.6 is 0 Å². The second-order valence-corrected chi connectivity index (χ2v) is 7.91. The Bertz CT molecular complexity index is 925. The lowest BCUT2D eigenvalue weighted by atomic mass is 9.95. The van der Waals surface area contributed by atoms with Crippen LogP contribution in [0, 0.1) is 5.82 Å². The van der Waals surface area contributed by atoms with E-state index in [-0.39, 0.29) is 23.0 Å². The number of fused-ring (bicyclic) bond motifs is 1. The Labute approximate surface area is 157 Å². The molecule has 0 bridgehead atoms. The van der Waals surface area contributed by atoms with Gasteiger partial charge in [0, 0.05) is 23.7 Å². The number of nitrogens with two attached hydrogens (primary N) is 1. The molecular formula is C21H26FN3O2. The van der Waals surface area contributed by atoms with Crippen molar-refractivity contribution in [3.63, 3.8) is 0 Å². The standard InChI is InChI=1S/C21H26FN3O2/c22-17-10-15-19(11-18(17)24-13-6-2-1-3-7-13)25(14-8-4-5-9-14)12-16(20(15)26)21(23)27/h10-14,24H,1-9H2,(H2,23,27). The second-order valence-electron chi connectivity index (χ2n) is 7.91. The van der Waals surface area contributed by atoms with Crippen molar-refractivity contribution in [2.24, 2.45) is 5.73 Å². The van der Waals surface area contributed by atoms with Gasteiger partial charge in [-0.05, 0) is 37.8 Å². The number of nitrogens with zero attached hydrogens (tertiary/aromatic N) is 1. The van der Waals surface area contributed by atoms with Crippen molar-refractivity contribution in [1.82, 2.24) is 4.57 Å². The van der Waals surface area contributed by atoms with E-state index in [1.54, 1.807) is 12.3 Å². The van der Waals surface area contributed by atoms with Crippen molar-refractivity contribution in [2.45, 2.75) is 69.9 Å². The predicted octanol–water partition coefficient (Wildman–Crippen LogP) is 4.10. The van der Waals surface area contributed by atoms with Crippen LogP contribution in [0.1, 0.15) is 74.2 Å². The third-order valence-corrected chi connectivity index (χ3v) is 6.07. The Morgan fingerprint density at radius 2 is 1.74 bits per heavy atom. The number of carbonyl (C=O) groups is 1. The van der Waals surface area contributed by atoms with Gasteiger partial charge in [0.25, 0.3) is 5.91 Å². The van der Waals surface area contributed by atoms with Crippen molar-refractivity contribution in [2.75, 3.05) is 5.32 Å². The molecule has 1 aromatic carbocycles.